The van der Waals surface area contributed by atoms with Gasteiger partial charge in [0, 0.05) is 18.8 Å². The molecule has 11 atom stereocenters. The van der Waals surface area contributed by atoms with Crippen molar-refractivity contribution in [3.05, 3.63) is 0 Å². The Bertz CT molecular complexity index is 851. The number of aliphatic hydroxyl groups excluding tert-OH is 2. The van der Waals surface area contributed by atoms with E-state index in [2.05, 4.69) is 6.92 Å². The van der Waals surface area contributed by atoms with E-state index in [0.717, 1.165) is 0 Å². The molecule has 5 N–H and O–H groups in total. The van der Waals surface area contributed by atoms with E-state index in [-0.39, 0.29) is 47.8 Å². The van der Waals surface area contributed by atoms with Gasteiger partial charge in [-0.15, -0.1) is 0 Å². The number of aliphatic carboxylic acids is 1. The van der Waals surface area contributed by atoms with E-state index in [9.17, 15) is 29.4 Å². The molecule has 4 aliphatic rings. The summed E-state index contributed by atoms with van der Waals surface area (Å²) >= 11 is 0. The maximum atomic E-state index is 16.8. The average molecular weight is 507 g/mol. The van der Waals surface area contributed by atoms with Crippen LogP contribution in [-0.2, 0) is 13.9 Å². The predicted molar refractivity (Wildman–Crippen MR) is 121 cm³/mol. The fourth-order valence-corrected chi connectivity index (χ4v) is 9.53. The molecule has 0 aromatic carbocycles. The highest BCUT2D eigenvalue weighted by Gasteiger charge is 2.71. The summed E-state index contributed by atoms with van der Waals surface area (Å²) in [4.78, 5) is 30.4. The van der Waals surface area contributed by atoms with Crippen LogP contribution in [0.15, 0.2) is 0 Å². The Kier molecular flexibility index (Phi) is 6.84. The van der Waals surface area contributed by atoms with E-state index in [4.69, 9.17) is 9.63 Å². The molecule has 0 aromatic heterocycles. The number of alkyl halides is 1. The minimum absolute atomic E-state index is 0.00534. The SMILES string of the molecule is CC(CCC(=O)O)C1CCC2C3C(CC(O)C12C)C1(C)CCC(O)CC1CC3(F)OP(=O)(O)O. The molecule has 0 spiro atoms. The number of halogens is 1. The van der Waals surface area contributed by atoms with E-state index in [1.807, 2.05) is 13.8 Å². The van der Waals surface area contributed by atoms with Crippen molar-refractivity contribution in [3.63, 3.8) is 0 Å². The van der Waals surface area contributed by atoms with Gasteiger partial charge in [0.05, 0.1) is 12.2 Å². The summed E-state index contributed by atoms with van der Waals surface area (Å²) < 4.78 is 33.7. The zero-order chi connectivity index (χ0) is 25.3. The summed E-state index contributed by atoms with van der Waals surface area (Å²) in [6, 6.07) is 0. The second kappa shape index (κ2) is 8.77. The van der Waals surface area contributed by atoms with Gasteiger partial charge in [-0.25, -0.2) is 13.5 Å². The van der Waals surface area contributed by atoms with Crippen LogP contribution in [0.25, 0.3) is 0 Å². The molecule has 0 aromatic rings. The van der Waals surface area contributed by atoms with Crippen molar-refractivity contribution in [2.45, 2.75) is 96.6 Å². The lowest BCUT2D eigenvalue weighted by molar-refractivity contribution is -0.278. The molecule has 0 heterocycles. The molecular formula is C24H40FO8P. The standard InChI is InChI=1S/C24H40FO8P/c1-13(4-7-20(28)29)16-5-6-17-21-18(11-19(27)23(16,17)3)22(2)9-8-15(26)10-14(22)12-24(21,25)33-34(30,31)32/h13-19,21,26-27H,4-12H2,1-3H3,(H,28,29)(H2,30,31,32). The second-order valence-corrected chi connectivity index (χ2v) is 13.3. The topological polar surface area (TPSA) is 145 Å². The summed E-state index contributed by atoms with van der Waals surface area (Å²) in [6.07, 6.45) is 2.18. The van der Waals surface area contributed by atoms with Gasteiger partial charge in [0.1, 0.15) is 0 Å². The lowest BCUT2D eigenvalue weighted by Gasteiger charge is -2.65. The van der Waals surface area contributed by atoms with Crippen molar-refractivity contribution in [3.8, 4) is 0 Å². The molecule has 11 unspecified atom stereocenters. The van der Waals surface area contributed by atoms with Crippen molar-refractivity contribution in [1.29, 1.82) is 0 Å². The maximum absolute atomic E-state index is 16.8. The molecule has 4 aliphatic carbocycles. The molecule has 0 amide bonds. The van der Waals surface area contributed by atoms with Crippen molar-refractivity contribution in [2.75, 3.05) is 0 Å². The van der Waals surface area contributed by atoms with E-state index in [0.29, 0.717) is 44.9 Å². The highest BCUT2D eigenvalue weighted by Crippen LogP contribution is 2.72. The minimum Gasteiger partial charge on any atom is -0.481 e. The van der Waals surface area contributed by atoms with Crippen molar-refractivity contribution in [1.82, 2.24) is 0 Å². The van der Waals surface area contributed by atoms with E-state index in [1.54, 1.807) is 0 Å². The van der Waals surface area contributed by atoms with Gasteiger partial charge in [0.15, 0.2) is 0 Å². The third-order valence-corrected chi connectivity index (χ3v) is 11.1. The maximum Gasteiger partial charge on any atom is 0.472 e. The Balaban J connectivity index is 1.74. The molecule has 4 rings (SSSR count). The first kappa shape index (κ1) is 26.5. The van der Waals surface area contributed by atoms with Crippen molar-refractivity contribution >= 4 is 13.8 Å². The van der Waals surface area contributed by atoms with Crippen LogP contribution in [0, 0.1) is 46.3 Å². The molecule has 10 heteroatoms. The number of aliphatic hydroxyl groups is 2. The van der Waals surface area contributed by atoms with E-state index in [1.165, 1.54) is 0 Å². The van der Waals surface area contributed by atoms with E-state index < -0.39 is 43.2 Å². The van der Waals surface area contributed by atoms with Crippen molar-refractivity contribution < 1.29 is 43.4 Å². The number of hydrogen-bond donors (Lipinski definition) is 5. The van der Waals surface area contributed by atoms with Gasteiger partial charge < -0.3 is 25.1 Å². The van der Waals surface area contributed by atoms with Crippen LogP contribution >= 0.6 is 7.82 Å². The Labute approximate surface area is 200 Å². The quantitative estimate of drug-likeness (QED) is 0.342. The first-order valence-corrected chi connectivity index (χ1v) is 14.2. The molecule has 34 heavy (non-hydrogen) atoms. The lowest BCUT2D eigenvalue weighted by atomic mass is 9.42. The zero-order valence-electron chi connectivity index (χ0n) is 20.3. The molecule has 8 nitrogen and oxygen atoms in total. The zero-order valence-corrected chi connectivity index (χ0v) is 21.2. The Morgan fingerprint density at radius 1 is 1.15 bits per heavy atom. The van der Waals surface area contributed by atoms with Gasteiger partial charge in [-0.2, -0.15) is 0 Å². The number of hydrogen-bond acceptors (Lipinski definition) is 5. The van der Waals surface area contributed by atoms with Gasteiger partial charge in [0.2, 0.25) is 5.85 Å². The molecule has 0 bridgehead atoms. The summed E-state index contributed by atoms with van der Waals surface area (Å²) in [5.41, 5.74) is -1.07. The van der Waals surface area contributed by atoms with Gasteiger partial charge in [-0.05, 0) is 85.4 Å². The fourth-order valence-electron chi connectivity index (χ4n) is 8.94. The van der Waals surface area contributed by atoms with Crippen LogP contribution in [-0.4, -0.2) is 49.1 Å². The number of phosphoric acid groups is 1. The number of carbonyl (C=O) groups is 1. The number of rotatable bonds is 6. The summed E-state index contributed by atoms with van der Waals surface area (Å²) in [7, 11) is -5.14. The number of carboxylic acid groups (broad SMARTS) is 1. The molecule has 4 saturated carbocycles. The van der Waals surface area contributed by atoms with Gasteiger partial charge in [-0.3, -0.25) is 4.79 Å². The molecule has 0 saturated heterocycles. The molecule has 0 aliphatic heterocycles. The monoisotopic (exact) mass is 506 g/mol. The Hall–Kier alpha value is -0.570. The third-order valence-electron chi connectivity index (χ3n) is 10.6. The van der Waals surface area contributed by atoms with Crippen LogP contribution in [0.4, 0.5) is 4.39 Å². The number of fused-ring (bicyclic) bond motifs is 5. The summed E-state index contributed by atoms with van der Waals surface area (Å²) in [6.45, 7) is 6.01. The van der Waals surface area contributed by atoms with Gasteiger partial charge in [-0.1, -0.05) is 20.8 Å². The fraction of sp³-hybridized carbons (Fsp3) is 0.958. The summed E-state index contributed by atoms with van der Waals surface area (Å²) in [5, 5.41) is 31.0. The highest BCUT2D eigenvalue weighted by molar-refractivity contribution is 7.46. The van der Waals surface area contributed by atoms with Crippen molar-refractivity contribution in [2.24, 2.45) is 46.3 Å². The molecule has 196 valence electrons. The normalized spacial score (nSPS) is 49.6. The average Bonchev–Trinajstić information content (AvgIpc) is 3.05. The van der Waals surface area contributed by atoms with E-state index >= 15 is 4.39 Å². The van der Waals surface area contributed by atoms with Gasteiger partial charge >= 0.3 is 13.8 Å². The van der Waals surface area contributed by atoms with Crippen LogP contribution in [0.1, 0.15) is 78.6 Å². The Morgan fingerprint density at radius 2 is 1.82 bits per heavy atom. The smallest absolute Gasteiger partial charge is 0.472 e. The van der Waals surface area contributed by atoms with Crippen LogP contribution < -0.4 is 0 Å². The predicted octanol–water partition coefficient (Wildman–Crippen LogP) is 3.86. The Morgan fingerprint density at radius 3 is 2.44 bits per heavy atom. The summed E-state index contributed by atoms with van der Waals surface area (Å²) in [5.74, 6) is -5.23. The van der Waals surface area contributed by atoms with Crippen LogP contribution in [0.5, 0.6) is 0 Å². The number of phosphoric ester groups is 1. The van der Waals surface area contributed by atoms with Crippen LogP contribution in [0.3, 0.4) is 0 Å². The minimum atomic E-state index is -5.14. The first-order chi connectivity index (χ1) is 15.6. The van der Waals surface area contributed by atoms with Gasteiger partial charge in [0.25, 0.3) is 0 Å². The third kappa shape index (κ3) is 4.28. The molecule has 0 radical (unpaired) electrons. The highest BCUT2D eigenvalue weighted by atomic mass is 31.2. The molecular weight excluding hydrogens is 466 g/mol. The molecule has 4 fully saturated rings. The lowest BCUT2D eigenvalue weighted by Crippen LogP contribution is -2.65. The number of carboxylic acids is 1. The second-order valence-electron chi connectivity index (χ2n) is 12.2. The largest absolute Gasteiger partial charge is 0.481 e. The van der Waals surface area contributed by atoms with Crippen LogP contribution in [0.2, 0.25) is 0 Å². The first-order valence-electron chi connectivity index (χ1n) is 12.6.